The molecule has 3 fully saturated rings. The van der Waals surface area contributed by atoms with E-state index in [1.807, 2.05) is 0 Å². The lowest BCUT2D eigenvalue weighted by Crippen LogP contribution is -2.54. The lowest BCUT2D eigenvalue weighted by atomic mass is 9.73. The standard InChI is InChI=1S/C19H25N3O3/c23-17-4-7-19(13-22(17)11-14-2-3-14)6-1-9-21(12-19)16-10-15(18(24)25)5-8-20-16/h5,8,10,14H,1-4,6-7,9,11-13H2,(H,24,25). The van der Waals surface area contributed by atoms with Crippen LogP contribution in [0.5, 0.6) is 0 Å². The minimum atomic E-state index is -0.922. The molecule has 1 atom stereocenters. The number of nitrogens with zero attached hydrogens (tertiary/aromatic N) is 3. The van der Waals surface area contributed by atoms with Gasteiger partial charge in [0.2, 0.25) is 5.91 Å². The van der Waals surface area contributed by atoms with Crippen LogP contribution in [0.3, 0.4) is 0 Å². The van der Waals surface area contributed by atoms with Crippen LogP contribution >= 0.6 is 0 Å². The highest BCUT2D eigenvalue weighted by molar-refractivity contribution is 5.88. The maximum absolute atomic E-state index is 12.3. The Morgan fingerprint density at radius 3 is 2.92 bits per heavy atom. The molecule has 1 aromatic rings. The molecule has 3 aliphatic rings. The number of piperidine rings is 2. The molecule has 0 radical (unpaired) electrons. The van der Waals surface area contributed by atoms with Gasteiger partial charge in [-0.25, -0.2) is 9.78 Å². The quantitative estimate of drug-likeness (QED) is 0.909. The number of likely N-dealkylation sites (tertiary alicyclic amines) is 1. The number of anilines is 1. The molecule has 1 aliphatic carbocycles. The highest BCUT2D eigenvalue weighted by Gasteiger charge is 2.43. The monoisotopic (exact) mass is 343 g/mol. The van der Waals surface area contributed by atoms with Crippen LogP contribution in [0.15, 0.2) is 18.3 Å². The van der Waals surface area contributed by atoms with Gasteiger partial charge in [-0.05, 0) is 50.2 Å². The lowest BCUT2D eigenvalue weighted by Gasteiger charge is -2.48. The van der Waals surface area contributed by atoms with Crippen molar-refractivity contribution in [3.63, 3.8) is 0 Å². The van der Waals surface area contributed by atoms with Crippen molar-refractivity contribution in [2.24, 2.45) is 11.3 Å². The normalized spacial score (nSPS) is 27.0. The molecule has 2 saturated heterocycles. The predicted octanol–water partition coefficient (Wildman–Crippen LogP) is 2.40. The molecule has 1 saturated carbocycles. The number of carboxylic acids is 1. The highest BCUT2D eigenvalue weighted by atomic mass is 16.4. The molecular weight excluding hydrogens is 318 g/mol. The number of pyridine rings is 1. The van der Waals surface area contributed by atoms with Crippen LogP contribution in [0.1, 0.15) is 48.9 Å². The van der Waals surface area contributed by atoms with Gasteiger partial charge in [0.05, 0.1) is 5.56 Å². The van der Waals surface area contributed by atoms with Crippen LogP contribution in [0.2, 0.25) is 0 Å². The molecule has 6 nitrogen and oxygen atoms in total. The van der Waals surface area contributed by atoms with Gasteiger partial charge >= 0.3 is 5.97 Å². The third kappa shape index (κ3) is 3.48. The van der Waals surface area contributed by atoms with E-state index in [1.54, 1.807) is 12.3 Å². The van der Waals surface area contributed by atoms with Crippen molar-refractivity contribution in [1.29, 1.82) is 0 Å². The summed E-state index contributed by atoms with van der Waals surface area (Å²) in [6.45, 7) is 3.52. The SMILES string of the molecule is O=C(O)c1ccnc(N2CCCC3(CCC(=O)N(CC4CC4)C3)C2)c1. The fourth-order valence-corrected chi connectivity index (χ4v) is 4.34. The second kappa shape index (κ2) is 6.32. The Morgan fingerprint density at radius 2 is 2.16 bits per heavy atom. The molecule has 1 spiro atoms. The number of carbonyl (C=O) groups is 2. The van der Waals surface area contributed by atoms with Crippen LogP contribution in [-0.4, -0.2) is 53.0 Å². The van der Waals surface area contributed by atoms with Crippen molar-refractivity contribution >= 4 is 17.7 Å². The first kappa shape index (κ1) is 16.4. The van der Waals surface area contributed by atoms with Crippen LogP contribution in [0, 0.1) is 11.3 Å². The summed E-state index contributed by atoms with van der Waals surface area (Å²) < 4.78 is 0. The molecule has 1 unspecified atom stereocenters. The maximum Gasteiger partial charge on any atom is 0.335 e. The Bertz CT molecular complexity index is 688. The summed E-state index contributed by atoms with van der Waals surface area (Å²) in [5, 5.41) is 9.21. The minimum absolute atomic E-state index is 0.127. The van der Waals surface area contributed by atoms with Gasteiger partial charge in [-0.3, -0.25) is 4.79 Å². The second-order valence-corrected chi connectivity index (χ2v) is 7.95. The smallest absolute Gasteiger partial charge is 0.335 e. The predicted molar refractivity (Wildman–Crippen MR) is 93.6 cm³/mol. The summed E-state index contributed by atoms with van der Waals surface area (Å²) in [4.78, 5) is 32.2. The number of aromatic nitrogens is 1. The zero-order valence-corrected chi connectivity index (χ0v) is 14.5. The number of amides is 1. The second-order valence-electron chi connectivity index (χ2n) is 7.95. The summed E-state index contributed by atoms with van der Waals surface area (Å²) >= 11 is 0. The van der Waals surface area contributed by atoms with Gasteiger partial charge in [0, 0.05) is 44.2 Å². The van der Waals surface area contributed by atoms with E-state index in [0.717, 1.165) is 51.3 Å². The van der Waals surface area contributed by atoms with Gasteiger partial charge in [-0.2, -0.15) is 0 Å². The average molecular weight is 343 g/mol. The number of carboxylic acid groups (broad SMARTS) is 1. The average Bonchev–Trinajstić information content (AvgIpc) is 3.43. The van der Waals surface area contributed by atoms with Crippen molar-refractivity contribution < 1.29 is 14.7 Å². The van der Waals surface area contributed by atoms with Gasteiger partial charge in [0.25, 0.3) is 0 Å². The van der Waals surface area contributed by atoms with Gasteiger partial charge in [-0.1, -0.05) is 0 Å². The molecule has 134 valence electrons. The van der Waals surface area contributed by atoms with Crippen molar-refractivity contribution in [1.82, 2.24) is 9.88 Å². The molecule has 0 bridgehead atoms. The molecule has 2 aliphatic heterocycles. The summed E-state index contributed by atoms with van der Waals surface area (Å²) in [6.07, 6.45) is 7.86. The Kier molecular flexibility index (Phi) is 4.13. The minimum Gasteiger partial charge on any atom is -0.478 e. The van der Waals surface area contributed by atoms with Gasteiger partial charge < -0.3 is 14.9 Å². The molecule has 1 aromatic heterocycles. The summed E-state index contributed by atoms with van der Waals surface area (Å²) in [6, 6.07) is 3.19. The van der Waals surface area contributed by atoms with Crippen molar-refractivity contribution in [2.75, 3.05) is 31.1 Å². The number of rotatable bonds is 4. The molecular formula is C19H25N3O3. The third-order valence-corrected chi connectivity index (χ3v) is 5.90. The third-order valence-electron chi connectivity index (χ3n) is 5.90. The van der Waals surface area contributed by atoms with Gasteiger partial charge in [-0.15, -0.1) is 0 Å². The van der Waals surface area contributed by atoms with E-state index in [1.165, 1.54) is 18.9 Å². The Morgan fingerprint density at radius 1 is 1.32 bits per heavy atom. The van der Waals surface area contributed by atoms with E-state index in [2.05, 4.69) is 14.8 Å². The number of aromatic carboxylic acids is 1. The van der Waals surface area contributed by atoms with Crippen LogP contribution in [-0.2, 0) is 4.79 Å². The van der Waals surface area contributed by atoms with Crippen LogP contribution in [0.25, 0.3) is 0 Å². The molecule has 1 N–H and O–H groups in total. The summed E-state index contributed by atoms with van der Waals surface area (Å²) in [7, 11) is 0. The number of hydrogen-bond acceptors (Lipinski definition) is 4. The van der Waals surface area contributed by atoms with Crippen molar-refractivity contribution in [3.05, 3.63) is 23.9 Å². The Balaban J connectivity index is 1.50. The number of hydrogen-bond donors (Lipinski definition) is 1. The molecule has 0 aromatic carbocycles. The van der Waals surface area contributed by atoms with Crippen molar-refractivity contribution in [3.8, 4) is 0 Å². The van der Waals surface area contributed by atoms with E-state index in [0.29, 0.717) is 18.2 Å². The Hall–Kier alpha value is -2.11. The van der Waals surface area contributed by atoms with E-state index >= 15 is 0 Å². The zero-order valence-electron chi connectivity index (χ0n) is 14.5. The fourth-order valence-electron chi connectivity index (χ4n) is 4.34. The first-order valence-electron chi connectivity index (χ1n) is 9.27. The lowest BCUT2D eigenvalue weighted by molar-refractivity contribution is -0.138. The maximum atomic E-state index is 12.3. The first-order valence-corrected chi connectivity index (χ1v) is 9.27. The topological polar surface area (TPSA) is 73.7 Å². The highest BCUT2D eigenvalue weighted by Crippen LogP contribution is 2.41. The first-order chi connectivity index (χ1) is 12.0. The van der Waals surface area contributed by atoms with E-state index < -0.39 is 5.97 Å². The summed E-state index contributed by atoms with van der Waals surface area (Å²) in [5.41, 5.74) is 0.404. The van der Waals surface area contributed by atoms with E-state index in [-0.39, 0.29) is 11.0 Å². The summed E-state index contributed by atoms with van der Waals surface area (Å²) in [5.74, 6) is 0.840. The van der Waals surface area contributed by atoms with Crippen LogP contribution < -0.4 is 4.90 Å². The largest absolute Gasteiger partial charge is 0.478 e. The van der Waals surface area contributed by atoms with Gasteiger partial charge in [0.15, 0.2) is 0 Å². The fraction of sp³-hybridized carbons (Fsp3) is 0.632. The number of carbonyl (C=O) groups excluding carboxylic acids is 1. The molecule has 25 heavy (non-hydrogen) atoms. The Labute approximate surface area is 147 Å². The van der Waals surface area contributed by atoms with E-state index in [4.69, 9.17) is 0 Å². The van der Waals surface area contributed by atoms with Gasteiger partial charge in [0.1, 0.15) is 5.82 Å². The molecule has 4 rings (SSSR count). The van der Waals surface area contributed by atoms with Crippen LogP contribution in [0.4, 0.5) is 5.82 Å². The molecule has 1 amide bonds. The van der Waals surface area contributed by atoms with Crippen molar-refractivity contribution in [2.45, 2.75) is 38.5 Å². The zero-order chi connectivity index (χ0) is 17.4. The molecule has 3 heterocycles. The molecule has 6 heteroatoms. The van der Waals surface area contributed by atoms with E-state index in [9.17, 15) is 14.7 Å².